The van der Waals surface area contributed by atoms with E-state index in [0.717, 1.165) is 10.6 Å². The van der Waals surface area contributed by atoms with Crippen LogP contribution in [0.5, 0.6) is 5.75 Å². The van der Waals surface area contributed by atoms with Crippen LogP contribution in [0.1, 0.15) is 41.4 Å². The van der Waals surface area contributed by atoms with E-state index in [-0.39, 0.29) is 11.5 Å². The van der Waals surface area contributed by atoms with Crippen LogP contribution >= 0.6 is 22.7 Å². The summed E-state index contributed by atoms with van der Waals surface area (Å²) in [6.45, 7) is 6.67. The third kappa shape index (κ3) is 2.76. The van der Waals surface area contributed by atoms with E-state index in [2.05, 4.69) is 32.9 Å². The molecule has 4 heteroatoms. The molecule has 0 aromatic carbocycles. The van der Waals surface area contributed by atoms with Gasteiger partial charge in [0.05, 0.1) is 13.2 Å². The lowest BCUT2D eigenvalue weighted by Gasteiger charge is -2.15. The van der Waals surface area contributed by atoms with Gasteiger partial charge in [-0.25, -0.2) is 0 Å². The summed E-state index contributed by atoms with van der Waals surface area (Å²) in [4.78, 5) is 3.73. The van der Waals surface area contributed by atoms with E-state index in [0.29, 0.717) is 0 Å². The minimum atomic E-state index is -0.0417. The first-order valence-corrected chi connectivity index (χ1v) is 7.59. The van der Waals surface area contributed by atoms with Crippen LogP contribution in [0.4, 0.5) is 0 Å². The first kappa shape index (κ1) is 13.6. The van der Waals surface area contributed by atoms with E-state index in [4.69, 9.17) is 10.5 Å². The molecule has 0 radical (unpaired) electrons. The molecule has 1 atom stereocenters. The third-order valence-corrected chi connectivity index (χ3v) is 5.40. The van der Waals surface area contributed by atoms with Crippen molar-refractivity contribution in [2.24, 2.45) is 5.73 Å². The van der Waals surface area contributed by atoms with Gasteiger partial charge in [-0.05, 0) is 23.6 Å². The van der Waals surface area contributed by atoms with Gasteiger partial charge in [-0.1, -0.05) is 20.8 Å². The normalized spacial score (nSPS) is 13.6. The molecule has 18 heavy (non-hydrogen) atoms. The Morgan fingerprint density at radius 1 is 1.22 bits per heavy atom. The number of hydrogen-bond acceptors (Lipinski definition) is 4. The zero-order valence-electron chi connectivity index (χ0n) is 11.2. The first-order valence-electron chi connectivity index (χ1n) is 5.90. The third-order valence-electron chi connectivity index (χ3n) is 2.81. The molecule has 0 saturated heterocycles. The first-order chi connectivity index (χ1) is 8.41. The number of thiophene rings is 2. The van der Waals surface area contributed by atoms with Crippen molar-refractivity contribution in [1.82, 2.24) is 0 Å². The summed E-state index contributed by atoms with van der Waals surface area (Å²) < 4.78 is 5.20. The van der Waals surface area contributed by atoms with Crippen molar-refractivity contribution in [3.63, 3.8) is 0 Å². The second-order valence-electron chi connectivity index (χ2n) is 5.32. The van der Waals surface area contributed by atoms with E-state index in [1.807, 2.05) is 11.4 Å². The van der Waals surface area contributed by atoms with Gasteiger partial charge in [-0.2, -0.15) is 0 Å². The molecule has 0 saturated carbocycles. The van der Waals surface area contributed by atoms with E-state index in [1.54, 1.807) is 29.8 Å². The summed E-state index contributed by atoms with van der Waals surface area (Å²) in [6.07, 6.45) is 0. The van der Waals surface area contributed by atoms with Crippen LogP contribution in [0.15, 0.2) is 23.6 Å². The number of rotatable bonds is 3. The molecule has 0 bridgehead atoms. The van der Waals surface area contributed by atoms with Crippen molar-refractivity contribution in [2.45, 2.75) is 32.2 Å². The predicted molar refractivity (Wildman–Crippen MR) is 79.9 cm³/mol. The van der Waals surface area contributed by atoms with Crippen LogP contribution in [-0.4, -0.2) is 7.11 Å². The Bertz CT molecular complexity index is 522. The number of nitrogens with two attached hydrogens (primary N) is 1. The Morgan fingerprint density at radius 3 is 2.44 bits per heavy atom. The van der Waals surface area contributed by atoms with E-state index < -0.39 is 0 Å². The molecule has 2 nitrogen and oxygen atoms in total. The van der Waals surface area contributed by atoms with Crippen molar-refractivity contribution in [3.8, 4) is 5.75 Å². The minimum Gasteiger partial charge on any atom is -0.496 e. The highest BCUT2D eigenvalue weighted by Gasteiger charge is 2.19. The Morgan fingerprint density at radius 2 is 1.94 bits per heavy atom. The van der Waals surface area contributed by atoms with Gasteiger partial charge in [0.25, 0.3) is 0 Å². The molecule has 0 amide bonds. The minimum absolute atomic E-state index is 0.0417. The van der Waals surface area contributed by atoms with Gasteiger partial charge in [-0.15, -0.1) is 22.7 Å². The maximum Gasteiger partial charge on any atom is 0.129 e. The average Bonchev–Trinajstić information content (AvgIpc) is 2.96. The van der Waals surface area contributed by atoms with Crippen molar-refractivity contribution in [1.29, 1.82) is 0 Å². The lowest BCUT2D eigenvalue weighted by Crippen LogP contribution is -2.09. The van der Waals surface area contributed by atoms with Gasteiger partial charge in [0.1, 0.15) is 5.75 Å². The molecule has 98 valence electrons. The molecular weight excluding hydrogens is 262 g/mol. The van der Waals surface area contributed by atoms with Crippen LogP contribution in [0.25, 0.3) is 0 Å². The highest BCUT2D eigenvalue weighted by atomic mass is 32.1. The van der Waals surface area contributed by atoms with Gasteiger partial charge >= 0.3 is 0 Å². The average molecular weight is 281 g/mol. The smallest absolute Gasteiger partial charge is 0.129 e. The van der Waals surface area contributed by atoms with Gasteiger partial charge in [0.2, 0.25) is 0 Å². The van der Waals surface area contributed by atoms with E-state index in [1.165, 1.54) is 9.75 Å². The van der Waals surface area contributed by atoms with E-state index >= 15 is 0 Å². The highest BCUT2D eigenvalue weighted by molar-refractivity contribution is 7.13. The number of ether oxygens (including phenoxy) is 1. The quantitative estimate of drug-likeness (QED) is 0.916. The molecule has 2 aromatic rings. The van der Waals surface area contributed by atoms with Crippen molar-refractivity contribution in [2.75, 3.05) is 7.11 Å². The van der Waals surface area contributed by atoms with Gasteiger partial charge in [0.15, 0.2) is 0 Å². The Balaban J connectivity index is 2.23. The number of hydrogen-bond donors (Lipinski definition) is 1. The molecule has 2 rings (SSSR count). The molecule has 0 aliphatic heterocycles. The molecule has 0 aliphatic carbocycles. The van der Waals surface area contributed by atoms with Gasteiger partial charge in [-0.3, -0.25) is 0 Å². The van der Waals surface area contributed by atoms with Crippen molar-refractivity contribution >= 4 is 22.7 Å². The van der Waals surface area contributed by atoms with Crippen LogP contribution in [0.3, 0.4) is 0 Å². The second-order valence-corrected chi connectivity index (χ2v) is 7.38. The molecule has 1 unspecified atom stereocenters. The van der Waals surface area contributed by atoms with Gasteiger partial charge in [0, 0.05) is 20.0 Å². The molecular formula is C14H19NOS2. The largest absolute Gasteiger partial charge is 0.496 e. The zero-order valence-corrected chi connectivity index (χ0v) is 12.8. The molecule has 2 N–H and O–H groups in total. The summed E-state index contributed by atoms with van der Waals surface area (Å²) in [5.74, 6) is 0.887. The summed E-state index contributed by atoms with van der Waals surface area (Å²) in [7, 11) is 1.68. The van der Waals surface area contributed by atoms with E-state index in [9.17, 15) is 0 Å². The monoisotopic (exact) mass is 281 g/mol. The zero-order chi connectivity index (χ0) is 13.3. The fraction of sp³-hybridized carbons (Fsp3) is 0.429. The summed E-state index contributed by atoms with van der Waals surface area (Å²) in [5.41, 5.74) is 6.50. The van der Waals surface area contributed by atoms with Crippen LogP contribution < -0.4 is 10.5 Å². The van der Waals surface area contributed by atoms with Crippen molar-refractivity contribution < 1.29 is 4.74 Å². The van der Waals surface area contributed by atoms with Crippen LogP contribution in [0, 0.1) is 0 Å². The summed E-state index contributed by atoms with van der Waals surface area (Å²) >= 11 is 3.45. The fourth-order valence-electron chi connectivity index (χ4n) is 1.67. The number of methoxy groups -OCH3 is 1. The Hall–Kier alpha value is -0.840. The second kappa shape index (κ2) is 5.03. The van der Waals surface area contributed by atoms with Crippen LogP contribution in [-0.2, 0) is 5.41 Å². The molecule has 2 heterocycles. The maximum atomic E-state index is 6.31. The lowest BCUT2D eigenvalue weighted by atomic mass is 9.95. The standard InChI is InChI=1S/C14H19NOS2/c1-14(2,3)12-6-5-10(18-12)13(15)11-7-9(16-4)8-17-11/h5-8,13H,15H2,1-4H3. The Kier molecular flexibility index (Phi) is 3.80. The van der Waals surface area contributed by atoms with Crippen LogP contribution in [0.2, 0.25) is 0 Å². The molecule has 0 spiro atoms. The van der Waals surface area contributed by atoms with Gasteiger partial charge < -0.3 is 10.5 Å². The topological polar surface area (TPSA) is 35.2 Å². The van der Waals surface area contributed by atoms with Crippen molar-refractivity contribution in [3.05, 3.63) is 38.2 Å². The molecule has 0 aliphatic rings. The highest BCUT2D eigenvalue weighted by Crippen LogP contribution is 2.36. The maximum absolute atomic E-state index is 6.31. The SMILES string of the molecule is COc1csc(C(N)c2ccc(C(C)(C)C)s2)c1. The fourth-order valence-corrected chi connectivity index (χ4v) is 3.70. The summed E-state index contributed by atoms with van der Waals surface area (Å²) in [5, 5.41) is 1.99. The molecule has 2 aromatic heterocycles. The Labute approximate surface area is 116 Å². The summed E-state index contributed by atoms with van der Waals surface area (Å²) in [6, 6.07) is 6.30. The lowest BCUT2D eigenvalue weighted by molar-refractivity contribution is 0.416. The molecule has 0 fully saturated rings. The predicted octanol–water partition coefficient (Wildman–Crippen LogP) is 4.16.